The van der Waals surface area contributed by atoms with E-state index in [-0.39, 0.29) is 12.3 Å². The maximum absolute atomic E-state index is 11.9. The van der Waals surface area contributed by atoms with Crippen LogP contribution in [0.4, 0.5) is 5.69 Å². The van der Waals surface area contributed by atoms with Gasteiger partial charge in [0.25, 0.3) is 5.91 Å². The van der Waals surface area contributed by atoms with Crippen molar-refractivity contribution in [3.63, 3.8) is 0 Å². The summed E-state index contributed by atoms with van der Waals surface area (Å²) < 4.78 is 10.7. The van der Waals surface area contributed by atoms with Gasteiger partial charge in [-0.3, -0.25) is 9.59 Å². The molecule has 0 fully saturated rings. The number of carbonyl (C=O) groups excluding carboxylic acids is 2. The van der Waals surface area contributed by atoms with E-state index in [9.17, 15) is 9.59 Å². The molecule has 0 aliphatic rings. The van der Waals surface area contributed by atoms with E-state index in [0.29, 0.717) is 18.0 Å². The van der Waals surface area contributed by atoms with Gasteiger partial charge in [0.05, 0.1) is 0 Å². The van der Waals surface area contributed by atoms with Gasteiger partial charge in [0.2, 0.25) is 0 Å². The quantitative estimate of drug-likeness (QED) is 0.790. The predicted molar refractivity (Wildman–Crippen MR) is 91.7 cm³/mol. The van der Waals surface area contributed by atoms with Crippen LogP contribution in [-0.2, 0) is 20.9 Å². The number of anilines is 1. The summed E-state index contributed by atoms with van der Waals surface area (Å²) in [6.07, 6.45) is -0.586. The molecule has 0 aliphatic heterocycles. The summed E-state index contributed by atoms with van der Waals surface area (Å²) in [6.45, 7) is 3.71. The molecule has 1 amide bonds. The Labute approximate surface area is 141 Å². The number of ether oxygens (including phenoxy) is 2. The summed E-state index contributed by atoms with van der Waals surface area (Å²) >= 11 is 0. The molecule has 0 heterocycles. The first kappa shape index (κ1) is 17.5. The van der Waals surface area contributed by atoms with Gasteiger partial charge in [-0.05, 0) is 36.8 Å². The van der Waals surface area contributed by atoms with Crippen molar-refractivity contribution < 1.29 is 19.1 Å². The second-order valence-corrected chi connectivity index (χ2v) is 5.27. The van der Waals surface area contributed by atoms with Crippen molar-refractivity contribution in [2.45, 2.75) is 33.0 Å². The van der Waals surface area contributed by atoms with Crippen LogP contribution >= 0.6 is 0 Å². The molecular formula is C19H21NO4. The molecule has 1 N–H and O–H groups in total. The second kappa shape index (κ2) is 8.72. The molecule has 2 rings (SSSR count). The Balaban J connectivity index is 1.85. The molecule has 5 nitrogen and oxygen atoms in total. The van der Waals surface area contributed by atoms with Crippen LogP contribution in [0.5, 0.6) is 5.75 Å². The molecule has 126 valence electrons. The van der Waals surface area contributed by atoms with Crippen molar-refractivity contribution in [3.05, 3.63) is 60.2 Å². The normalized spacial score (nSPS) is 11.4. The predicted octanol–water partition coefficient (Wildman–Crippen LogP) is 3.55. The van der Waals surface area contributed by atoms with Gasteiger partial charge >= 0.3 is 5.97 Å². The fraction of sp³-hybridized carbons (Fsp3) is 0.263. The largest absolute Gasteiger partial charge is 0.489 e. The maximum atomic E-state index is 11.9. The van der Waals surface area contributed by atoms with Gasteiger partial charge < -0.3 is 14.8 Å². The minimum atomic E-state index is -0.827. The van der Waals surface area contributed by atoms with Crippen molar-refractivity contribution in [1.82, 2.24) is 0 Å². The SMILES string of the molecule is CCC(=O)O[C@H](C)C(=O)Nc1ccc(OCc2ccccc2)cc1. The van der Waals surface area contributed by atoms with Crippen molar-refractivity contribution >= 4 is 17.6 Å². The Morgan fingerprint density at radius 1 is 1.04 bits per heavy atom. The van der Waals surface area contributed by atoms with E-state index in [2.05, 4.69) is 5.32 Å². The highest BCUT2D eigenvalue weighted by molar-refractivity contribution is 5.95. The lowest BCUT2D eigenvalue weighted by Gasteiger charge is -2.13. The molecule has 0 aromatic heterocycles. The molecule has 2 aromatic rings. The minimum absolute atomic E-state index is 0.241. The number of carbonyl (C=O) groups is 2. The van der Waals surface area contributed by atoms with E-state index in [1.54, 1.807) is 38.1 Å². The first-order valence-electron chi connectivity index (χ1n) is 7.85. The van der Waals surface area contributed by atoms with Crippen molar-refractivity contribution in [1.29, 1.82) is 0 Å². The summed E-state index contributed by atoms with van der Waals surface area (Å²) in [4.78, 5) is 23.1. The second-order valence-electron chi connectivity index (χ2n) is 5.27. The average molecular weight is 327 g/mol. The number of nitrogens with one attached hydrogen (secondary N) is 1. The molecule has 2 aromatic carbocycles. The Bertz CT molecular complexity index is 668. The molecule has 0 radical (unpaired) electrons. The Hall–Kier alpha value is -2.82. The third kappa shape index (κ3) is 5.43. The first-order valence-corrected chi connectivity index (χ1v) is 7.85. The highest BCUT2D eigenvalue weighted by atomic mass is 16.5. The number of benzene rings is 2. The van der Waals surface area contributed by atoms with Crippen LogP contribution in [0.1, 0.15) is 25.8 Å². The highest BCUT2D eigenvalue weighted by Crippen LogP contribution is 2.17. The van der Waals surface area contributed by atoms with E-state index in [4.69, 9.17) is 9.47 Å². The summed E-state index contributed by atoms with van der Waals surface area (Å²) in [5.74, 6) is -0.0561. The van der Waals surface area contributed by atoms with Gasteiger partial charge in [0.15, 0.2) is 6.10 Å². The van der Waals surface area contributed by atoms with Gasteiger partial charge in [-0.25, -0.2) is 0 Å². The van der Waals surface area contributed by atoms with Crippen LogP contribution in [0.2, 0.25) is 0 Å². The molecule has 1 atom stereocenters. The monoisotopic (exact) mass is 327 g/mol. The topological polar surface area (TPSA) is 64.6 Å². The summed E-state index contributed by atoms with van der Waals surface area (Å²) in [5, 5.41) is 2.70. The molecule has 24 heavy (non-hydrogen) atoms. The minimum Gasteiger partial charge on any atom is -0.489 e. The number of esters is 1. The molecule has 0 saturated carbocycles. The molecule has 0 spiro atoms. The van der Waals surface area contributed by atoms with E-state index < -0.39 is 12.1 Å². The molecule has 0 saturated heterocycles. The van der Waals surface area contributed by atoms with Gasteiger partial charge in [-0.1, -0.05) is 37.3 Å². The van der Waals surface area contributed by atoms with Gasteiger partial charge in [-0.15, -0.1) is 0 Å². The first-order chi connectivity index (χ1) is 11.6. The summed E-state index contributed by atoms with van der Waals surface area (Å²) in [7, 11) is 0. The maximum Gasteiger partial charge on any atom is 0.306 e. The number of rotatable bonds is 7. The Morgan fingerprint density at radius 2 is 1.71 bits per heavy atom. The van der Waals surface area contributed by atoms with E-state index in [1.807, 2.05) is 30.3 Å². The van der Waals surface area contributed by atoms with Crippen LogP contribution < -0.4 is 10.1 Å². The molecule has 0 unspecified atom stereocenters. The van der Waals surface area contributed by atoms with Crippen LogP contribution in [0, 0.1) is 0 Å². The Morgan fingerprint density at radius 3 is 2.33 bits per heavy atom. The van der Waals surface area contributed by atoms with E-state index in [1.165, 1.54) is 0 Å². The lowest BCUT2D eigenvalue weighted by molar-refractivity contribution is -0.152. The van der Waals surface area contributed by atoms with E-state index in [0.717, 1.165) is 5.56 Å². The third-order valence-electron chi connectivity index (χ3n) is 3.34. The standard InChI is InChI=1S/C19H21NO4/c1-3-18(21)24-14(2)19(22)20-16-9-11-17(12-10-16)23-13-15-7-5-4-6-8-15/h4-12,14H,3,13H2,1-2H3,(H,20,22)/t14-/m1/s1. The third-order valence-corrected chi connectivity index (χ3v) is 3.34. The zero-order valence-corrected chi connectivity index (χ0v) is 13.8. The number of hydrogen-bond acceptors (Lipinski definition) is 4. The zero-order valence-electron chi connectivity index (χ0n) is 13.8. The Kier molecular flexibility index (Phi) is 6.37. The van der Waals surface area contributed by atoms with Crippen molar-refractivity contribution in [2.24, 2.45) is 0 Å². The molecular weight excluding hydrogens is 306 g/mol. The van der Waals surface area contributed by atoms with Gasteiger partial charge in [0.1, 0.15) is 12.4 Å². The summed E-state index contributed by atoms with van der Waals surface area (Å²) in [5.41, 5.74) is 1.70. The van der Waals surface area contributed by atoms with Crippen LogP contribution in [0.15, 0.2) is 54.6 Å². The van der Waals surface area contributed by atoms with Crippen LogP contribution in [0.25, 0.3) is 0 Å². The smallest absolute Gasteiger partial charge is 0.306 e. The lowest BCUT2D eigenvalue weighted by atomic mass is 10.2. The summed E-state index contributed by atoms with van der Waals surface area (Å²) in [6, 6.07) is 16.9. The fourth-order valence-electron chi connectivity index (χ4n) is 1.95. The molecule has 0 aliphatic carbocycles. The van der Waals surface area contributed by atoms with Crippen molar-refractivity contribution in [2.75, 3.05) is 5.32 Å². The number of amides is 1. The van der Waals surface area contributed by atoms with E-state index >= 15 is 0 Å². The van der Waals surface area contributed by atoms with Crippen LogP contribution in [0.3, 0.4) is 0 Å². The highest BCUT2D eigenvalue weighted by Gasteiger charge is 2.16. The van der Waals surface area contributed by atoms with Crippen LogP contribution in [-0.4, -0.2) is 18.0 Å². The fourth-order valence-corrected chi connectivity index (χ4v) is 1.95. The average Bonchev–Trinajstić information content (AvgIpc) is 2.61. The lowest BCUT2D eigenvalue weighted by Crippen LogP contribution is -2.29. The number of hydrogen-bond donors (Lipinski definition) is 1. The molecule has 0 bridgehead atoms. The van der Waals surface area contributed by atoms with Crippen molar-refractivity contribution in [3.8, 4) is 5.75 Å². The zero-order chi connectivity index (χ0) is 17.4. The van der Waals surface area contributed by atoms with Gasteiger partial charge in [0, 0.05) is 12.1 Å². The van der Waals surface area contributed by atoms with Gasteiger partial charge in [-0.2, -0.15) is 0 Å². The molecule has 5 heteroatoms.